The average molecular weight is 175 g/mol. The molecule has 0 spiro atoms. The van der Waals surface area contributed by atoms with E-state index in [1.807, 2.05) is 0 Å². The van der Waals surface area contributed by atoms with Gasteiger partial charge in [0.25, 0.3) is 0 Å². The van der Waals surface area contributed by atoms with Gasteiger partial charge in [-0.15, -0.1) is 0 Å². The van der Waals surface area contributed by atoms with Crippen molar-refractivity contribution in [3.8, 4) is 0 Å². The molecular weight excluding hydrogens is 166 g/mol. The summed E-state index contributed by atoms with van der Waals surface area (Å²) in [4.78, 5) is 3.61. The lowest BCUT2D eigenvalue weighted by Gasteiger charge is -1.94. The molecule has 5 heteroatoms. The first-order valence-electron chi connectivity index (χ1n) is 3.22. The third-order valence-electron chi connectivity index (χ3n) is 1.29. The summed E-state index contributed by atoms with van der Waals surface area (Å²) in [5, 5.41) is 0. The van der Waals surface area contributed by atoms with E-state index in [2.05, 4.69) is 4.98 Å². The maximum atomic E-state index is 11.0. The molecule has 0 atom stereocenters. The van der Waals surface area contributed by atoms with Gasteiger partial charge in [0.05, 0.1) is 6.20 Å². The van der Waals surface area contributed by atoms with Gasteiger partial charge < -0.3 is 4.42 Å². The smallest absolute Gasteiger partial charge is 0.180 e. The van der Waals surface area contributed by atoms with Gasteiger partial charge in [-0.2, -0.15) is 0 Å². The molecule has 0 aliphatic heterocycles. The fourth-order valence-electron chi connectivity index (χ4n) is 0.632. The summed E-state index contributed by atoms with van der Waals surface area (Å²) in [7, 11) is -2.98. The number of oxazole rings is 1. The lowest BCUT2D eigenvalue weighted by molar-refractivity contribution is 0.515. The van der Waals surface area contributed by atoms with Crippen LogP contribution in [0.25, 0.3) is 0 Å². The number of sulfone groups is 1. The van der Waals surface area contributed by atoms with Crippen molar-refractivity contribution in [1.82, 2.24) is 4.98 Å². The number of nitrogens with zero attached hydrogens (tertiary/aromatic N) is 1. The van der Waals surface area contributed by atoms with Crippen LogP contribution in [0.4, 0.5) is 0 Å². The molecule has 1 aromatic rings. The van der Waals surface area contributed by atoms with Gasteiger partial charge in [0.1, 0.15) is 11.5 Å². The Balaban J connectivity index is 2.72. The molecular formula is C6H9NO3S. The van der Waals surface area contributed by atoms with Gasteiger partial charge in [0, 0.05) is 5.75 Å². The van der Waals surface area contributed by atoms with Gasteiger partial charge in [-0.3, -0.25) is 0 Å². The zero-order valence-electron chi connectivity index (χ0n) is 6.15. The molecule has 0 amide bonds. The summed E-state index contributed by atoms with van der Waals surface area (Å²) in [5.41, 5.74) is 0. The first-order chi connectivity index (χ1) is 5.14. The molecule has 0 aliphatic carbocycles. The van der Waals surface area contributed by atoms with Crippen LogP contribution in [-0.4, -0.2) is 19.2 Å². The van der Waals surface area contributed by atoms with Crippen molar-refractivity contribution in [1.29, 1.82) is 0 Å². The molecule has 0 saturated carbocycles. The Hall–Kier alpha value is -0.840. The van der Waals surface area contributed by atoms with Crippen molar-refractivity contribution in [2.45, 2.75) is 12.7 Å². The summed E-state index contributed by atoms with van der Waals surface area (Å²) in [5.74, 6) is 0.476. The van der Waals surface area contributed by atoms with Gasteiger partial charge in [-0.05, 0) is 0 Å². The van der Waals surface area contributed by atoms with Crippen LogP contribution in [0.2, 0.25) is 0 Å². The first-order valence-corrected chi connectivity index (χ1v) is 5.04. The number of hydrogen-bond donors (Lipinski definition) is 0. The molecule has 0 radical (unpaired) electrons. The molecule has 0 aromatic carbocycles. The van der Waals surface area contributed by atoms with Gasteiger partial charge in [0.15, 0.2) is 16.2 Å². The predicted molar refractivity (Wildman–Crippen MR) is 39.7 cm³/mol. The Morgan fingerprint density at radius 1 is 1.64 bits per heavy atom. The highest BCUT2D eigenvalue weighted by atomic mass is 32.2. The van der Waals surface area contributed by atoms with Crippen molar-refractivity contribution in [3.63, 3.8) is 0 Å². The fraction of sp³-hybridized carbons (Fsp3) is 0.500. The van der Waals surface area contributed by atoms with Gasteiger partial charge in [0.2, 0.25) is 0 Å². The molecule has 0 fully saturated rings. The van der Waals surface area contributed by atoms with E-state index in [9.17, 15) is 8.42 Å². The molecule has 0 bridgehead atoms. The lowest BCUT2D eigenvalue weighted by Crippen LogP contribution is -2.05. The zero-order valence-corrected chi connectivity index (χ0v) is 6.97. The highest BCUT2D eigenvalue weighted by molar-refractivity contribution is 7.90. The van der Waals surface area contributed by atoms with E-state index in [4.69, 9.17) is 4.42 Å². The van der Waals surface area contributed by atoms with Gasteiger partial charge in [-0.25, -0.2) is 13.4 Å². The van der Waals surface area contributed by atoms with Crippen LogP contribution in [0.1, 0.15) is 12.7 Å². The summed E-state index contributed by atoms with van der Waals surface area (Å²) in [6, 6.07) is 0. The van der Waals surface area contributed by atoms with Gasteiger partial charge >= 0.3 is 0 Å². The third-order valence-corrected chi connectivity index (χ3v) is 2.89. The minimum atomic E-state index is -2.98. The Morgan fingerprint density at radius 3 is 2.82 bits per heavy atom. The SMILES string of the molecule is CCS(=O)(=O)Cc1cnco1. The summed E-state index contributed by atoms with van der Waals surface area (Å²) >= 11 is 0. The van der Waals surface area contributed by atoms with Crippen LogP contribution in [0, 0.1) is 0 Å². The van der Waals surface area contributed by atoms with E-state index < -0.39 is 9.84 Å². The predicted octanol–water partition coefficient (Wildman–Crippen LogP) is 0.609. The topological polar surface area (TPSA) is 60.2 Å². The molecule has 1 heterocycles. The number of rotatable bonds is 3. The molecule has 1 rings (SSSR count). The fourth-order valence-corrected chi connectivity index (χ4v) is 1.41. The first kappa shape index (κ1) is 8.26. The number of hydrogen-bond acceptors (Lipinski definition) is 4. The molecule has 0 N–H and O–H groups in total. The van der Waals surface area contributed by atoms with Crippen LogP contribution in [0.3, 0.4) is 0 Å². The van der Waals surface area contributed by atoms with E-state index in [1.165, 1.54) is 12.6 Å². The van der Waals surface area contributed by atoms with Crippen LogP contribution >= 0.6 is 0 Å². The van der Waals surface area contributed by atoms with E-state index in [0.29, 0.717) is 5.76 Å². The van der Waals surface area contributed by atoms with Crippen molar-refractivity contribution in [3.05, 3.63) is 18.4 Å². The molecule has 62 valence electrons. The highest BCUT2D eigenvalue weighted by Gasteiger charge is 2.10. The quantitative estimate of drug-likeness (QED) is 0.675. The standard InChI is InChI=1S/C6H9NO3S/c1-2-11(8,9)4-6-3-7-5-10-6/h3,5H,2,4H2,1H3. The Labute approximate surface area is 65.2 Å². The van der Waals surface area contributed by atoms with Gasteiger partial charge in [-0.1, -0.05) is 6.92 Å². The van der Waals surface area contributed by atoms with E-state index >= 15 is 0 Å². The Bertz CT molecular complexity index is 301. The Morgan fingerprint density at radius 2 is 2.36 bits per heavy atom. The van der Waals surface area contributed by atoms with Crippen LogP contribution in [0.5, 0.6) is 0 Å². The highest BCUT2D eigenvalue weighted by Crippen LogP contribution is 2.04. The molecule has 4 nitrogen and oxygen atoms in total. The molecule has 1 aromatic heterocycles. The van der Waals surface area contributed by atoms with Crippen molar-refractivity contribution in [2.24, 2.45) is 0 Å². The summed E-state index contributed by atoms with van der Waals surface area (Å²) in [6.45, 7) is 1.60. The normalized spacial score (nSPS) is 11.7. The minimum absolute atomic E-state index is 0.0521. The molecule has 11 heavy (non-hydrogen) atoms. The third kappa shape index (κ3) is 2.34. The monoisotopic (exact) mass is 175 g/mol. The van der Waals surface area contributed by atoms with Crippen molar-refractivity contribution in [2.75, 3.05) is 5.75 Å². The second kappa shape index (κ2) is 3.04. The number of aromatic nitrogens is 1. The molecule has 0 aliphatic rings. The molecule has 0 unspecified atom stereocenters. The van der Waals surface area contributed by atoms with E-state index in [1.54, 1.807) is 6.92 Å². The zero-order chi connectivity index (χ0) is 8.32. The minimum Gasteiger partial charge on any atom is -0.447 e. The van der Waals surface area contributed by atoms with Crippen LogP contribution < -0.4 is 0 Å². The second-order valence-electron chi connectivity index (χ2n) is 2.14. The maximum absolute atomic E-state index is 11.0. The summed E-state index contributed by atoms with van der Waals surface area (Å²) in [6.07, 6.45) is 2.63. The van der Waals surface area contributed by atoms with E-state index in [-0.39, 0.29) is 11.5 Å². The molecule has 0 saturated heterocycles. The lowest BCUT2D eigenvalue weighted by atomic mass is 10.6. The largest absolute Gasteiger partial charge is 0.447 e. The van der Waals surface area contributed by atoms with Crippen LogP contribution in [0.15, 0.2) is 17.0 Å². The summed E-state index contributed by atoms with van der Waals surface area (Å²) < 4.78 is 26.7. The van der Waals surface area contributed by atoms with Crippen molar-refractivity contribution < 1.29 is 12.8 Å². The maximum Gasteiger partial charge on any atom is 0.180 e. The van der Waals surface area contributed by atoms with Crippen molar-refractivity contribution >= 4 is 9.84 Å². The van der Waals surface area contributed by atoms with Crippen LogP contribution in [-0.2, 0) is 15.6 Å². The second-order valence-corrected chi connectivity index (χ2v) is 4.50. The Kier molecular flexibility index (Phi) is 2.28. The average Bonchev–Trinajstić information content (AvgIpc) is 2.39. The van der Waals surface area contributed by atoms with E-state index in [0.717, 1.165) is 0 Å².